The van der Waals surface area contributed by atoms with Gasteiger partial charge in [-0.3, -0.25) is 9.69 Å². The van der Waals surface area contributed by atoms with Crippen LogP contribution in [0.25, 0.3) is 0 Å². The number of benzene rings is 2. The first-order valence-corrected chi connectivity index (χ1v) is 10.1. The van der Waals surface area contributed by atoms with Crippen LogP contribution in [-0.2, 0) is 9.67 Å². The Hall–Kier alpha value is -2.54. The van der Waals surface area contributed by atoms with Gasteiger partial charge in [0, 0.05) is 29.1 Å². The number of carbonyl (C=O) groups is 2. The van der Waals surface area contributed by atoms with Gasteiger partial charge in [0.2, 0.25) is 0 Å². The van der Waals surface area contributed by atoms with E-state index in [-0.39, 0.29) is 10.7 Å². The molecule has 1 fully saturated rings. The molecule has 0 unspecified atom stereocenters. The molecule has 2 heterocycles. The Morgan fingerprint density at radius 3 is 2.68 bits per heavy atom. The van der Waals surface area contributed by atoms with Crippen LogP contribution < -0.4 is 10.2 Å². The van der Waals surface area contributed by atoms with Crippen molar-refractivity contribution in [3.8, 4) is 0 Å². The molecule has 7 heteroatoms. The van der Waals surface area contributed by atoms with Crippen LogP contribution in [0.3, 0.4) is 0 Å². The van der Waals surface area contributed by atoms with E-state index < -0.39 is 16.7 Å². The van der Waals surface area contributed by atoms with Gasteiger partial charge in [-0.05, 0) is 45.0 Å². The zero-order valence-corrected chi connectivity index (χ0v) is 16.8. The van der Waals surface area contributed by atoms with E-state index in [1.54, 1.807) is 15.9 Å². The molecule has 0 aliphatic carbocycles. The SMILES string of the molecule is CCN1C(=O)[C@@]2(SC(C)(C)CN2C(=O)Nc2cccc(F)c2)c2ccccc21. The lowest BCUT2D eigenvalue weighted by Crippen LogP contribution is -2.51. The molecule has 2 aliphatic heterocycles. The highest BCUT2D eigenvalue weighted by Crippen LogP contribution is 2.59. The normalized spacial score (nSPS) is 22.6. The minimum Gasteiger partial charge on any atom is -0.309 e. The van der Waals surface area contributed by atoms with Gasteiger partial charge >= 0.3 is 6.03 Å². The van der Waals surface area contributed by atoms with Crippen molar-refractivity contribution < 1.29 is 14.0 Å². The predicted octanol–water partition coefficient (Wildman–Crippen LogP) is 4.40. The van der Waals surface area contributed by atoms with Gasteiger partial charge in [0.25, 0.3) is 5.91 Å². The maximum atomic E-state index is 13.6. The number of likely N-dealkylation sites (N-methyl/N-ethyl adjacent to an activating group) is 1. The van der Waals surface area contributed by atoms with E-state index in [9.17, 15) is 14.0 Å². The lowest BCUT2D eigenvalue weighted by Gasteiger charge is -2.33. The average molecular weight is 399 g/mol. The van der Waals surface area contributed by atoms with Crippen molar-refractivity contribution in [3.63, 3.8) is 0 Å². The van der Waals surface area contributed by atoms with Crippen LogP contribution in [0, 0.1) is 5.82 Å². The quantitative estimate of drug-likeness (QED) is 0.814. The first-order valence-electron chi connectivity index (χ1n) is 9.24. The minimum atomic E-state index is -1.12. The molecule has 0 aromatic heterocycles. The lowest BCUT2D eigenvalue weighted by atomic mass is 10.1. The number of rotatable bonds is 2. The van der Waals surface area contributed by atoms with Crippen LogP contribution >= 0.6 is 11.8 Å². The summed E-state index contributed by atoms with van der Waals surface area (Å²) in [7, 11) is 0. The fourth-order valence-electron chi connectivity index (χ4n) is 4.03. The van der Waals surface area contributed by atoms with Crippen LogP contribution in [0.1, 0.15) is 26.3 Å². The molecule has 4 rings (SSSR count). The lowest BCUT2D eigenvalue weighted by molar-refractivity contribution is -0.123. The molecule has 146 valence electrons. The van der Waals surface area contributed by atoms with Crippen molar-refractivity contribution in [1.29, 1.82) is 0 Å². The number of nitrogens with zero attached hydrogens (tertiary/aromatic N) is 2. The van der Waals surface area contributed by atoms with Gasteiger partial charge in [0.15, 0.2) is 4.87 Å². The van der Waals surface area contributed by atoms with Crippen LogP contribution in [0.5, 0.6) is 0 Å². The van der Waals surface area contributed by atoms with Crippen molar-refractivity contribution in [1.82, 2.24) is 4.90 Å². The molecular formula is C21H22FN3O2S. The van der Waals surface area contributed by atoms with E-state index in [4.69, 9.17) is 0 Å². The van der Waals surface area contributed by atoms with Crippen LogP contribution in [-0.4, -0.2) is 34.7 Å². The second-order valence-corrected chi connectivity index (χ2v) is 9.50. The highest BCUT2D eigenvalue weighted by molar-refractivity contribution is 8.02. The van der Waals surface area contributed by atoms with E-state index >= 15 is 0 Å². The van der Waals surface area contributed by atoms with Crippen molar-refractivity contribution in [2.75, 3.05) is 23.3 Å². The van der Waals surface area contributed by atoms with Gasteiger partial charge in [0.05, 0.1) is 5.69 Å². The molecule has 5 nitrogen and oxygen atoms in total. The molecule has 1 spiro atoms. The van der Waals surface area contributed by atoms with Crippen LogP contribution in [0.4, 0.5) is 20.6 Å². The number of fused-ring (bicyclic) bond motifs is 2. The molecule has 2 aromatic carbocycles. The van der Waals surface area contributed by atoms with Gasteiger partial charge in [-0.2, -0.15) is 0 Å². The Morgan fingerprint density at radius 2 is 1.96 bits per heavy atom. The smallest absolute Gasteiger partial charge is 0.309 e. The number of para-hydroxylation sites is 1. The van der Waals surface area contributed by atoms with E-state index in [2.05, 4.69) is 5.32 Å². The van der Waals surface area contributed by atoms with E-state index in [0.29, 0.717) is 18.8 Å². The van der Waals surface area contributed by atoms with Gasteiger partial charge in [-0.25, -0.2) is 9.18 Å². The zero-order valence-electron chi connectivity index (χ0n) is 16.0. The minimum absolute atomic E-state index is 0.110. The second kappa shape index (κ2) is 6.51. The fourth-order valence-corrected chi connectivity index (χ4v) is 5.76. The summed E-state index contributed by atoms with van der Waals surface area (Å²) in [5.41, 5.74) is 2.02. The topological polar surface area (TPSA) is 52.7 Å². The Morgan fingerprint density at radius 1 is 1.21 bits per heavy atom. The predicted molar refractivity (Wildman–Crippen MR) is 110 cm³/mol. The highest BCUT2D eigenvalue weighted by Gasteiger charge is 2.63. The van der Waals surface area contributed by atoms with E-state index in [1.807, 2.05) is 45.0 Å². The molecule has 1 atom stereocenters. The first-order chi connectivity index (χ1) is 13.3. The number of hydrogen-bond acceptors (Lipinski definition) is 3. The fraction of sp³-hybridized carbons (Fsp3) is 0.333. The Bertz CT molecular complexity index is 964. The molecule has 0 radical (unpaired) electrons. The van der Waals surface area contributed by atoms with Crippen molar-refractivity contribution in [3.05, 3.63) is 59.9 Å². The number of nitrogens with one attached hydrogen (secondary N) is 1. The summed E-state index contributed by atoms with van der Waals surface area (Å²) in [5, 5.41) is 2.76. The summed E-state index contributed by atoms with van der Waals surface area (Å²) in [5.74, 6) is -0.538. The maximum absolute atomic E-state index is 13.6. The Kier molecular flexibility index (Phi) is 4.38. The third kappa shape index (κ3) is 2.76. The molecule has 28 heavy (non-hydrogen) atoms. The standard InChI is InChI=1S/C21H22FN3O2S/c1-4-24-17-11-6-5-10-16(17)21(18(24)26)25(13-20(2,3)28-21)19(27)23-15-9-7-8-14(22)12-15/h5-12H,4,13H2,1-3H3,(H,23,27)/t21-/m0/s1. The third-order valence-corrected chi connectivity index (χ3v) is 6.67. The molecule has 1 N–H and O–H groups in total. The number of urea groups is 1. The molecule has 3 amide bonds. The summed E-state index contributed by atoms with van der Waals surface area (Å²) in [4.78, 5) is 29.0. The van der Waals surface area contributed by atoms with Gasteiger partial charge < -0.3 is 10.2 Å². The monoisotopic (exact) mass is 399 g/mol. The molecule has 1 saturated heterocycles. The average Bonchev–Trinajstić information content (AvgIpc) is 3.07. The molecule has 0 saturated carbocycles. The third-order valence-electron chi connectivity index (χ3n) is 5.08. The van der Waals surface area contributed by atoms with Crippen molar-refractivity contribution in [2.45, 2.75) is 30.4 Å². The second-order valence-electron chi connectivity index (χ2n) is 7.60. The summed E-state index contributed by atoms with van der Waals surface area (Å²) in [6.45, 7) is 6.91. The number of hydrogen-bond donors (Lipinski definition) is 1. The van der Waals surface area contributed by atoms with Crippen LogP contribution in [0.15, 0.2) is 48.5 Å². The Labute approximate surface area is 167 Å². The number of amides is 3. The largest absolute Gasteiger partial charge is 0.323 e. The van der Waals surface area contributed by atoms with Gasteiger partial charge in [0.1, 0.15) is 5.82 Å². The first kappa shape index (κ1) is 18.8. The summed E-state index contributed by atoms with van der Waals surface area (Å²) in [6, 6.07) is 13.0. The van der Waals surface area contributed by atoms with Gasteiger partial charge in [-0.15, -0.1) is 11.8 Å². The summed E-state index contributed by atoms with van der Waals surface area (Å²) >= 11 is 1.50. The van der Waals surface area contributed by atoms with E-state index in [1.165, 1.54) is 30.0 Å². The number of anilines is 2. The number of thioether (sulfide) groups is 1. The summed E-state index contributed by atoms with van der Waals surface area (Å²) in [6.07, 6.45) is 0. The van der Waals surface area contributed by atoms with E-state index in [0.717, 1.165) is 11.3 Å². The zero-order chi connectivity index (χ0) is 20.1. The Balaban J connectivity index is 1.78. The van der Waals surface area contributed by atoms with Crippen LogP contribution in [0.2, 0.25) is 0 Å². The maximum Gasteiger partial charge on any atom is 0.323 e. The highest BCUT2D eigenvalue weighted by atomic mass is 32.2. The molecule has 0 bridgehead atoms. The van der Waals surface area contributed by atoms with Crippen molar-refractivity contribution in [2.24, 2.45) is 0 Å². The number of halogens is 1. The number of carbonyl (C=O) groups excluding carboxylic acids is 2. The molecule has 2 aliphatic rings. The molecular weight excluding hydrogens is 377 g/mol. The molecule has 2 aromatic rings. The van der Waals surface area contributed by atoms with Gasteiger partial charge in [-0.1, -0.05) is 24.3 Å². The van der Waals surface area contributed by atoms with Crippen molar-refractivity contribution >= 4 is 35.1 Å². The summed E-state index contributed by atoms with van der Waals surface area (Å²) < 4.78 is 13.2.